The fourth-order valence-electron chi connectivity index (χ4n) is 1.83. The van der Waals surface area contributed by atoms with Crippen molar-refractivity contribution in [3.05, 3.63) is 17.7 Å². The summed E-state index contributed by atoms with van der Waals surface area (Å²) in [4.78, 5) is 0. The standard InChI is InChI=1S/C15H25NO4/c1-4-7-20-8-5-6-16-11-12-9-13(18-2)15(17)14(10-12)19-3/h9-10,16-17H,4-8,11H2,1-3H3. The van der Waals surface area contributed by atoms with Crippen molar-refractivity contribution < 1.29 is 19.3 Å². The van der Waals surface area contributed by atoms with Crippen LogP contribution in [0, 0.1) is 0 Å². The van der Waals surface area contributed by atoms with Crippen molar-refractivity contribution in [3.63, 3.8) is 0 Å². The summed E-state index contributed by atoms with van der Waals surface area (Å²) in [6.45, 7) is 5.29. The van der Waals surface area contributed by atoms with Gasteiger partial charge in [0, 0.05) is 19.8 Å². The number of hydrogen-bond acceptors (Lipinski definition) is 5. The first-order chi connectivity index (χ1) is 9.72. The van der Waals surface area contributed by atoms with Crippen LogP contribution in [0.5, 0.6) is 17.2 Å². The van der Waals surface area contributed by atoms with Crippen molar-refractivity contribution in [2.75, 3.05) is 34.0 Å². The van der Waals surface area contributed by atoms with Gasteiger partial charge in [-0.1, -0.05) is 6.92 Å². The van der Waals surface area contributed by atoms with Crippen molar-refractivity contribution >= 4 is 0 Å². The first-order valence-corrected chi connectivity index (χ1v) is 6.95. The summed E-state index contributed by atoms with van der Waals surface area (Å²) in [5.74, 6) is 0.881. The Kier molecular flexibility index (Phi) is 7.84. The van der Waals surface area contributed by atoms with E-state index in [4.69, 9.17) is 14.2 Å². The number of methoxy groups -OCH3 is 2. The molecule has 0 amide bonds. The van der Waals surface area contributed by atoms with Gasteiger partial charge in [-0.15, -0.1) is 0 Å². The fraction of sp³-hybridized carbons (Fsp3) is 0.600. The molecule has 0 aliphatic rings. The third-order valence-corrected chi connectivity index (χ3v) is 2.86. The number of ether oxygens (including phenoxy) is 3. The largest absolute Gasteiger partial charge is 0.502 e. The van der Waals surface area contributed by atoms with E-state index in [1.807, 2.05) is 0 Å². The molecular formula is C15H25NO4. The maximum Gasteiger partial charge on any atom is 0.200 e. The molecule has 0 spiro atoms. The van der Waals surface area contributed by atoms with Gasteiger partial charge in [0.25, 0.3) is 0 Å². The second-order valence-electron chi connectivity index (χ2n) is 4.49. The molecule has 20 heavy (non-hydrogen) atoms. The van der Waals surface area contributed by atoms with Crippen molar-refractivity contribution in [1.29, 1.82) is 0 Å². The van der Waals surface area contributed by atoms with Gasteiger partial charge in [0.15, 0.2) is 11.5 Å². The molecule has 1 aromatic rings. The molecule has 0 radical (unpaired) electrons. The van der Waals surface area contributed by atoms with Gasteiger partial charge in [0.05, 0.1) is 14.2 Å². The van der Waals surface area contributed by atoms with Crippen molar-refractivity contribution in [3.8, 4) is 17.2 Å². The molecule has 0 unspecified atom stereocenters. The molecule has 0 aliphatic carbocycles. The van der Waals surface area contributed by atoms with Crippen LogP contribution in [-0.4, -0.2) is 39.1 Å². The van der Waals surface area contributed by atoms with Crippen molar-refractivity contribution in [1.82, 2.24) is 5.32 Å². The third kappa shape index (κ3) is 5.27. The molecule has 114 valence electrons. The molecule has 0 heterocycles. The zero-order valence-electron chi connectivity index (χ0n) is 12.6. The van der Waals surface area contributed by atoms with E-state index in [1.54, 1.807) is 12.1 Å². The van der Waals surface area contributed by atoms with Crippen LogP contribution in [0.1, 0.15) is 25.3 Å². The third-order valence-electron chi connectivity index (χ3n) is 2.86. The number of rotatable bonds is 10. The highest BCUT2D eigenvalue weighted by atomic mass is 16.5. The summed E-state index contributed by atoms with van der Waals surface area (Å²) in [7, 11) is 3.05. The van der Waals surface area contributed by atoms with Gasteiger partial charge in [-0.25, -0.2) is 0 Å². The Balaban J connectivity index is 2.40. The van der Waals surface area contributed by atoms with E-state index in [1.165, 1.54) is 14.2 Å². The van der Waals surface area contributed by atoms with Gasteiger partial charge in [-0.3, -0.25) is 0 Å². The maximum atomic E-state index is 9.82. The molecule has 1 aromatic carbocycles. The summed E-state index contributed by atoms with van der Waals surface area (Å²) >= 11 is 0. The number of nitrogens with one attached hydrogen (secondary N) is 1. The van der Waals surface area contributed by atoms with Crippen molar-refractivity contribution in [2.24, 2.45) is 0 Å². The Morgan fingerprint density at radius 2 is 1.75 bits per heavy atom. The molecule has 0 fully saturated rings. The van der Waals surface area contributed by atoms with Crippen LogP contribution in [0.25, 0.3) is 0 Å². The molecule has 0 aromatic heterocycles. The topological polar surface area (TPSA) is 60.0 Å². The normalized spacial score (nSPS) is 10.6. The number of aromatic hydroxyl groups is 1. The van der Waals surface area contributed by atoms with Gasteiger partial charge in [0.2, 0.25) is 5.75 Å². The second kappa shape index (κ2) is 9.44. The van der Waals surface area contributed by atoms with Gasteiger partial charge in [-0.05, 0) is 37.1 Å². The zero-order chi connectivity index (χ0) is 14.8. The maximum absolute atomic E-state index is 9.82. The number of phenolic OH excluding ortho intramolecular Hbond substituents is 1. The van der Waals surface area contributed by atoms with Crippen LogP contribution >= 0.6 is 0 Å². The average Bonchev–Trinajstić information content (AvgIpc) is 2.47. The van der Waals surface area contributed by atoms with Crippen LogP contribution in [0.3, 0.4) is 0 Å². The molecule has 5 heteroatoms. The van der Waals surface area contributed by atoms with E-state index in [2.05, 4.69) is 12.2 Å². The Bertz CT molecular complexity index is 370. The minimum absolute atomic E-state index is 0.0340. The van der Waals surface area contributed by atoms with E-state index in [0.29, 0.717) is 18.0 Å². The summed E-state index contributed by atoms with van der Waals surface area (Å²) < 4.78 is 15.7. The summed E-state index contributed by atoms with van der Waals surface area (Å²) in [5.41, 5.74) is 1.01. The Hall–Kier alpha value is -1.46. The molecular weight excluding hydrogens is 258 g/mol. The monoisotopic (exact) mass is 283 g/mol. The minimum atomic E-state index is 0.0340. The molecule has 1 rings (SSSR count). The summed E-state index contributed by atoms with van der Waals surface area (Å²) in [5, 5.41) is 13.1. The molecule has 0 atom stereocenters. The molecule has 2 N–H and O–H groups in total. The molecule has 0 bridgehead atoms. The predicted octanol–water partition coefficient (Wildman–Crippen LogP) is 2.32. The molecule has 0 aliphatic heterocycles. The fourth-order valence-corrected chi connectivity index (χ4v) is 1.83. The number of hydrogen-bond donors (Lipinski definition) is 2. The van der Waals surface area contributed by atoms with Crippen LogP contribution in [0.15, 0.2) is 12.1 Å². The van der Waals surface area contributed by atoms with E-state index in [9.17, 15) is 5.11 Å². The summed E-state index contributed by atoms with van der Waals surface area (Å²) in [6, 6.07) is 3.61. The van der Waals surface area contributed by atoms with E-state index < -0.39 is 0 Å². The highest BCUT2D eigenvalue weighted by Crippen LogP contribution is 2.36. The highest BCUT2D eigenvalue weighted by Gasteiger charge is 2.10. The lowest BCUT2D eigenvalue weighted by Gasteiger charge is -2.12. The van der Waals surface area contributed by atoms with E-state index in [-0.39, 0.29) is 5.75 Å². The molecule has 0 saturated heterocycles. The van der Waals surface area contributed by atoms with Gasteiger partial charge in [-0.2, -0.15) is 0 Å². The lowest BCUT2D eigenvalue weighted by molar-refractivity contribution is 0.132. The number of benzene rings is 1. The van der Waals surface area contributed by atoms with Crippen LogP contribution < -0.4 is 14.8 Å². The van der Waals surface area contributed by atoms with Crippen LogP contribution in [-0.2, 0) is 11.3 Å². The highest BCUT2D eigenvalue weighted by molar-refractivity contribution is 5.52. The van der Waals surface area contributed by atoms with E-state index >= 15 is 0 Å². The Labute approximate surface area is 120 Å². The van der Waals surface area contributed by atoms with Crippen molar-refractivity contribution in [2.45, 2.75) is 26.3 Å². The molecule has 5 nitrogen and oxygen atoms in total. The van der Waals surface area contributed by atoms with Gasteiger partial charge < -0.3 is 24.6 Å². The molecule has 0 saturated carbocycles. The zero-order valence-corrected chi connectivity index (χ0v) is 12.6. The first kappa shape index (κ1) is 16.6. The quantitative estimate of drug-likeness (QED) is 0.645. The Morgan fingerprint density at radius 3 is 2.30 bits per heavy atom. The average molecular weight is 283 g/mol. The Morgan fingerprint density at radius 1 is 1.10 bits per heavy atom. The predicted molar refractivity (Wildman–Crippen MR) is 78.6 cm³/mol. The van der Waals surface area contributed by atoms with Crippen LogP contribution in [0.4, 0.5) is 0 Å². The first-order valence-electron chi connectivity index (χ1n) is 6.95. The second-order valence-corrected chi connectivity index (χ2v) is 4.49. The lowest BCUT2D eigenvalue weighted by Crippen LogP contribution is -2.16. The van der Waals surface area contributed by atoms with Crippen LogP contribution in [0.2, 0.25) is 0 Å². The van der Waals surface area contributed by atoms with E-state index in [0.717, 1.165) is 38.2 Å². The van der Waals surface area contributed by atoms with Gasteiger partial charge in [0.1, 0.15) is 0 Å². The van der Waals surface area contributed by atoms with Gasteiger partial charge >= 0.3 is 0 Å². The minimum Gasteiger partial charge on any atom is -0.502 e. The lowest BCUT2D eigenvalue weighted by atomic mass is 10.2. The SMILES string of the molecule is CCCOCCCNCc1cc(OC)c(O)c(OC)c1. The smallest absolute Gasteiger partial charge is 0.200 e. The summed E-state index contributed by atoms with van der Waals surface area (Å²) in [6.07, 6.45) is 2.03. The number of phenols is 1.